The van der Waals surface area contributed by atoms with Crippen LogP contribution < -0.4 is 5.63 Å². The van der Waals surface area contributed by atoms with E-state index in [1.807, 2.05) is 36.4 Å². The van der Waals surface area contributed by atoms with Gasteiger partial charge in [0.15, 0.2) is 0 Å². The first-order chi connectivity index (χ1) is 14.6. The number of nitrogens with zero attached hydrogens (tertiary/aromatic N) is 4. The molecule has 0 aliphatic rings. The summed E-state index contributed by atoms with van der Waals surface area (Å²) in [7, 11) is 0. The number of fused-ring (bicyclic) bond motifs is 2. The molecule has 3 aromatic heterocycles. The van der Waals surface area contributed by atoms with Crippen LogP contribution in [0, 0.1) is 10.7 Å². The van der Waals surface area contributed by atoms with Gasteiger partial charge in [0, 0.05) is 28.6 Å². The third-order valence-corrected chi connectivity index (χ3v) is 6.32. The molecule has 5 rings (SSSR count). The molecule has 0 amide bonds. The highest BCUT2D eigenvalue weighted by molar-refractivity contribution is 8.03. The molecule has 0 N–H and O–H groups in total. The Hall–Kier alpha value is -3.12. The van der Waals surface area contributed by atoms with E-state index in [4.69, 9.17) is 16.0 Å². The van der Waals surface area contributed by atoms with Gasteiger partial charge in [-0.15, -0.1) is 0 Å². The van der Waals surface area contributed by atoms with Crippen LogP contribution in [0.25, 0.3) is 27.2 Å². The number of rotatable bonds is 4. The van der Waals surface area contributed by atoms with Gasteiger partial charge in [-0.2, -0.15) is 14.9 Å². The predicted octanol–water partition coefficient (Wildman–Crippen LogP) is 5.38. The minimum Gasteiger partial charge on any atom is -0.422 e. The molecule has 0 bridgehead atoms. The van der Waals surface area contributed by atoms with Crippen molar-refractivity contribution in [3.63, 3.8) is 0 Å². The minimum absolute atomic E-state index is 0.309. The number of imidazole rings is 1. The van der Waals surface area contributed by atoms with Gasteiger partial charge in [-0.05, 0) is 29.8 Å². The quantitative estimate of drug-likeness (QED) is 0.207. The lowest BCUT2D eigenvalue weighted by Crippen LogP contribution is -2.04. The summed E-state index contributed by atoms with van der Waals surface area (Å²) in [5.74, 6) is 0. The normalized spacial score (nSPS) is 11.2. The fraction of sp³-hybridized carbons (Fsp3) is 0.0476. The van der Waals surface area contributed by atoms with E-state index in [-0.39, 0.29) is 0 Å². The number of hydrogen-bond acceptors (Lipinski definition) is 7. The highest BCUT2D eigenvalue weighted by Crippen LogP contribution is 2.33. The van der Waals surface area contributed by atoms with Crippen molar-refractivity contribution >= 4 is 50.6 Å². The van der Waals surface area contributed by atoms with Gasteiger partial charge in [-0.1, -0.05) is 53.3 Å². The maximum atomic E-state index is 12.6. The third-order valence-electron chi connectivity index (χ3n) is 4.51. The molecule has 5 aromatic rings. The van der Waals surface area contributed by atoms with Gasteiger partial charge in [-0.25, -0.2) is 9.78 Å². The van der Waals surface area contributed by atoms with Crippen molar-refractivity contribution in [3.8, 4) is 16.7 Å². The Labute approximate surface area is 183 Å². The average Bonchev–Trinajstić information content (AvgIpc) is 3.28. The Morgan fingerprint density at radius 1 is 1.20 bits per heavy atom. The summed E-state index contributed by atoms with van der Waals surface area (Å²) in [6, 6.07) is 16.6. The van der Waals surface area contributed by atoms with Crippen molar-refractivity contribution in [2.75, 3.05) is 0 Å². The van der Waals surface area contributed by atoms with Gasteiger partial charge in [0.1, 0.15) is 26.7 Å². The zero-order valence-corrected chi connectivity index (χ0v) is 17.6. The van der Waals surface area contributed by atoms with Crippen LogP contribution in [0.4, 0.5) is 0 Å². The van der Waals surface area contributed by atoms with E-state index in [0.29, 0.717) is 38.3 Å². The number of nitriles is 1. The lowest BCUT2D eigenvalue weighted by molar-refractivity contribution is 0.563. The Morgan fingerprint density at radius 2 is 2.00 bits per heavy atom. The molecule has 3 heterocycles. The van der Waals surface area contributed by atoms with Gasteiger partial charge >= 0.3 is 5.63 Å². The summed E-state index contributed by atoms with van der Waals surface area (Å²) in [5.41, 5.74) is 1.79. The van der Waals surface area contributed by atoms with E-state index in [0.717, 1.165) is 27.7 Å². The molecule has 0 atom stereocenters. The largest absolute Gasteiger partial charge is 0.422 e. The molecular weight excluding hydrogens is 440 g/mol. The summed E-state index contributed by atoms with van der Waals surface area (Å²) >= 11 is 8.28. The highest BCUT2D eigenvalue weighted by atomic mass is 35.5. The van der Waals surface area contributed by atoms with Crippen molar-refractivity contribution in [2.24, 2.45) is 0 Å². The number of thiocyanates is 1. The van der Waals surface area contributed by atoms with E-state index >= 15 is 0 Å². The summed E-state index contributed by atoms with van der Waals surface area (Å²) in [6.07, 6.45) is 0.620. The number of hydrogen-bond donors (Lipinski definition) is 0. The maximum absolute atomic E-state index is 12.6. The smallest absolute Gasteiger partial charge is 0.345 e. The first-order valence-corrected chi connectivity index (χ1v) is 10.9. The van der Waals surface area contributed by atoms with Crippen LogP contribution in [0.2, 0.25) is 5.02 Å². The lowest BCUT2D eigenvalue weighted by atomic mass is 10.1. The fourth-order valence-electron chi connectivity index (χ4n) is 3.16. The molecule has 0 spiro atoms. The van der Waals surface area contributed by atoms with Crippen LogP contribution in [0.1, 0.15) is 10.6 Å². The van der Waals surface area contributed by atoms with E-state index in [2.05, 4.69) is 15.5 Å². The molecule has 30 heavy (non-hydrogen) atoms. The van der Waals surface area contributed by atoms with Crippen LogP contribution in [0.15, 0.2) is 68.8 Å². The number of halogens is 1. The number of benzene rings is 2. The Kier molecular flexibility index (Phi) is 4.79. The highest BCUT2D eigenvalue weighted by Gasteiger charge is 2.22. The lowest BCUT2D eigenvalue weighted by Gasteiger charge is -2.01. The van der Waals surface area contributed by atoms with Crippen molar-refractivity contribution in [3.05, 3.63) is 80.6 Å². The second kappa shape index (κ2) is 7.61. The number of para-hydroxylation sites is 1. The van der Waals surface area contributed by atoms with Gasteiger partial charge < -0.3 is 4.42 Å². The summed E-state index contributed by atoms with van der Waals surface area (Å²) < 4.78 is 7.06. The van der Waals surface area contributed by atoms with Gasteiger partial charge in [0.2, 0.25) is 4.96 Å². The molecule has 0 aliphatic carbocycles. The summed E-state index contributed by atoms with van der Waals surface area (Å²) in [4.78, 5) is 17.8. The molecule has 0 radical (unpaired) electrons. The third kappa shape index (κ3) is 3.37. The van der Waals surface area contributed by atoms with Crippen molar-refractivity contribution < 1.29 is 4.42 Å². The predicted molar refractivity (Wildman–Crippen MR) is 118 cm³/mol. The van der Waals surface area contributed by atoms with E-state index < -0.39 is 5.63 Å². The molecule has 2 aromatic carbocycles. The van der Waals surface area contributed by atoms with Crippen molar-refractivity contribution in [2.45, 2.75) is 11.4 Å². The first-order valence-electron chi connectivity index (χ1n) is 8.84. The molecule has 0 fully saturated rings. The second-order valence-electron chi connectivity index (χ2n) is 6.44. The molecular formula is C21H11ClN4O2S2. The second-order valence-corrected chi connectivity index (χ2v) is 8.69. The number of aromatic nitrogens is 3. The Bertz CT molecular complexity index is 1500. The van der Waals surface area contributed by atoms with E-state index in [9.17, 15) is 10.1 Å². The fourth-order valence-corrected chi connectivity index (χ4v) is 4.82. The molecule has 146 valence electrons. The van der Waals surface area contributed by atoms with Gasteiger partial charge in [-0.3, -0.25) is 0 Å². The van der Waals surface area contributed by atoms with Crippen LogP contribution in [0.5, 0.6) is 0 Å². The molecule has 0 saturated carbocycles. The van der Waals surface area contributed by atoms with Crippen LogP contribution in [-0.4, -0.2) is 14.6 Å². The zero-order chi connectivity index (χ0) is 20.7. The SMILES string of the molecule is N#CSc1c(-c2cc3ccccc3oc2=O)nc2sc(Cc3ccc(Cl)cc3)nn12. The van der Waals surface area contributed by atoms with Crippen LogP contribution in [0.3, 0.4) is 0 Å². The van der Waals surface area contributed by atoms with Crippen molar-refractivity contribution in [1.29, 1.82) is 5.26 Å². The first kappa shape index (κ1) is 18.9. The Morgan fingerprint density at radius 3 is 2.80 bits per heavy atom. The van der Waals surface area contributed by atoms with Crippen LogP contribution >= 0.6 is 34.7 Å². The maximum Gasteiger partial charge on any atom is 0.345 e. The van der Waals surface area contributed by atoms with Gasteiger partial charge in [0.05, 0.1) is 5.56 Å². The van der Waals surface area contributed by atoms with Gasteiger partial charge in [0.25, 0.3) is 0 Å². The van der Waals surface area contributed by atoms with E-state index in [1.165, 1.54) is 11.3 Å². The molecule has 6 nitrogen and oxygen atoms in total. The Balaban J connectivity index is 1.61. The standard InChI is InChI=1S/C21H11ClN4O2S2/c22-14-7-5-12(6-8-14)9-17-25-26-19(29-11-23)18(24-21(26)30-17)15-10-13-3-1-2-4-16(13)28-20(15)27/h1-8,10H,9H2. The molecule has 0 saturated heterocycles. The van der Waals surface area contributed by atoms with Crippen LogP contribution in [-0.2, 0) is 6.42 Å². The topological polar surface area (TPSA) is 84.2 Å². The minimum atomic E-state index is -0.499. The summed E-state index contributed by atoms with van der Waals surface area (Å²) in [6.45, 7) is 0. The van der Waals surface area contributed by atoms with E-state index in [1.54, 1.807) is 22.7 Å². The molecule has 9 heteroatoms. The summed E-state index contributed by atoms with van der Waals surface area (Å²) in [5, 5.41) is 18.8. The molecule has 0 unspecified atom stereocenters. The van der Waals surface area contributed by atoms with Crippen molar-refractivity contribution in [1.82, 2.24) is 14.6 Å². The average molecular weight is 451 g/mol. The number of thioether (sulfide) groups is 1. The monoisotopic (exact) mass is 450 g/mol. The molecule has 0 aliphatic heterocycles. The zero-order valence-electron chi connectivity index (χ0n) is 15.2.